The fourth-order valence-corrected chi connectivity index (χ4v) is 3.50. The fraction of sp³-hybridized carbons (Fsp3) is 0.462. The van der Waals surface area contributed by atoms with Crippen molar-refractivity contribution in [3.8, 4) is 0 Å². The van der Waals surface area contributed by atoms with Crippen LogP contribution >= 0.6 is 0 Å². The molecule has 0 aliphatic carbocycles. The SMILES string of the molecule is O=C(c1ccc2c(c1)NCC2)N1CCS(=O)CC1. The molecule has 4 nitrogen and oxygen atoms in total. The van der Waals surface area contributed by atoms with Crippen LogP contribution in [0, 0.1) is 0 Å². The van der Waals surface area contributed by atoms with Crippen molar-refractivity contribution < 1.29 is 9.00 Å². The molecule has 0 aromatic heterocycles. The zero-order valence-electron chi connectivity index (χ0n) is 10.1. The van der Waals surface area contributed by atoms with Gasteiger partial charge < -0.3 is 10.2 Å². The highest BCUT2D eigenvalue weighted by Gasteiger charge is 2.22. The first-order valence-electron chi connectivity index (χ1n) is 6.25. The Balaban J connectivity index is 1.78. The second kappa shape index (κ2) is 4.72. The molecule has 2 aliphatic heterocycles. The highest BCUT2D eigenvalue weighted by Crippen LogP contribution is 2.24. The molecule has 1 aromatic carbocycles. The Kier molecular flexibility index (Phi) is 3.07. The summed E-state index contributed by atoms with van der Waals surface area (Å²) in [6.45, 7) is 2.17. The van der Waals surface area contributed by atoms with E-state index in [1.807, 2.05) is 18.2 Å². The van der Waals surface area contributed by atoms with Gasteiger partial charge in [0.1, 0.15) is 0 Å². The normalized spacial score (nSPS) is 19.4. The molecule has 1 N–H and O–H groups in total. The van der Waals surface area contributed by atoms with Crippen LogP contribution in [0.25, 0.3) is 0 Å². The molecule has 1 fully saturated rings. The molecule has 0 bridgehead atoms. The van der Waals surface area contributed by atoms with Gasteiger partial charge in [0.25, 0.3) is 5.91 Å². The lowest BCUT2D eigenvalue weighted by atomic mass is 10.1. The highest BCUT2D eigenvalue weighted by molar-refractivity contribution is 7.85. The molecular weight excluding hydrogens is 248 g/mol. The minimum absolute atomic E-state index is 0.0585. The number of carbonyl (C=O) groups is 1. The summed E-state index contributed by atoms with van der Waals surface area (Å²) in [5.41, 5.74) is 3.10. The first-order chi connectivity index (χ1) is 8.74. The van der Waals surface area contributed by atoms with E-state index in [-0.39, 0.29) is 5.91 Å². The lowest BCUT2D eigenvalue weighted by Gasteiger charge is -2.26. The number of rotatable bonds is 1. The summed E-state index contributed by atoms with van der Waals surface area (Å²) in [5, 5.41) is 3.29. The van der Waals surface area contributed by atoms with Crippen molar-refractivity contribution in [3.05, 3.63) is 29.3 Å². The summed E-state index contributed by atoms with van der Waals surface area (Å²) in [6.07, 6.45) is 1.03. The third-order valence-electron chi connectivity index (χ3n) is 3.53. The number of nitrogens with zero attached hydrogens (tertiary/aromatic N) is 1. The Hall–Kier alpha value is -1.36. The molecular formula is C13H16N2O2S. The van der Waals surface area contributed by atoms with Crippen molar-refractivity contribution in [3.63, 3.8) is 0 Å². The van der Waals surface area contributed by atoms with E-state index in [0.29, 0.717) is 24.6 Å². The Morgan fingerprint density at radius 2 is 2.06 bits per heavy atom. The van der Waals surface area contributed by atoms with Crippen LogP contribution < -0.4 is 5.32 Å². The van der Waals surface area contributed by atoms with Gasteiger partial charge in [0.2, 0.25) is 0 Å². The smallest absolute Gasteiger partial charge is 0.253 e. The maximum atomic E-state index is 12.3. The minimum Gasteiger partial charge on any atom is -0.384 e. The van der Waals surface area contributed by atoms with Crippen molar-refractivity contribution >= 4 is 22.4 Å². The lowest BCUT2D eigenvalue weighted by Crippen LogP contribution is -2.41. The number of fused-ring (bicyclic) bond motifs is 1. The monoisotopic (exact) mass is 264 g/mol. The predicted molar refractivity (Wildman–Crippen MR) is 72.4 cm³/mol. The average Bonchev–Trinajstić information content (AvgIpc) is 2.86. The number of hydrogen-bond acceptors (Lipinski definition) is 3. The van der Waals surface area contributed by atoms with E-state index in [9.17, 15) is 9.00 Å². The van der Waals surface area contributed by atoms with Crippen molar-refractivity contribution in [2.45, 2.75) is 6.42 Å². The standard InChI is InChI=1S/C13H16N2O2S/c16-13(15-5-7-18(17)8-6-15)11-2-1-10-3-4-14-12(10)9-11/h1-2,9,14H,3-8H2. The molecule has 1 amide bonds. The Labute approximate surface area is 109 Å². The van der Waals surface area contributed by atoms with Gasteiger partial charge in [-0.25, -0.2) is 0 Å². The zero-order valence-corrected chi connectivity index (χ0v) is 11.0. The number of hydrogen-bond donors (Lipinski definition) is 1. The average molecular weight is 264 g/mol. The zero-order chi connectivity index (χ0) is 12.5. The topological polar surface area (TPSA) is 49.4 Å². The van der Waals surface area contributed by atoms with E-state index < -0.39 is 10.8 Å². The molecule has 1 saturated heterocycles. The van der Waals surface area contributed by atoms with E-state index in [0.717, 1.165) is 24.2 Å². The second-order valence-corrected chi connectivity index (χ2v) is 6.39. The molecule has 2 heterocycles. The largest absolute Gasteiger partial charge is 0.384 e. The molecule has 1 aromatic rings. The van der Waals surface area contributed by atoms with Gasteiger partial charge in [-0.15, -0.1) is 0 Å². The minimum atomic E-state index is -0.740. The van der Waals surface area contributed by atoms with Crippen molar-refractivity contribution in [1.82, 2.24) is 4.90 Å². The Bertz CT molecular complexity index is 506. The molecule has 0 saturated carbocycles. The summed E-state index contributed by atoms with van der Waals surface area (Å²) in [5.74, 6) is 1.27. The molecule has 18 heavy (non-hydrogen) atoms. The van der Waals surface area contributed by atoms with E-state index in [1.54, 1.807) is 4.90 Å². The molecule has 0 spiro atoms. The van der Waals surface area contributed by atoms with Gasteiger partial charge in [-0.2, -0.15) is 0 Å². The Morgan fingerprint density at radius 1 is 1.28 bits per heavy atom. The van der Waals surface area contributed by atoms with Crippen LogP contribution in [0.1, 0.15) is 15.9 Å². The lowest BCUT2D eigenvalue weighted by molar-refractivity contribution is 0.0771. The summed E-state index contributed by atoms with van der Waals surface area (Å²) in [6, 6.07) is 5.88. The van der Waals surface area contributed by atoms with Crippen LogP contribution in [-0.4, -0.2) is 46.2 Å². The predicted octanol–water partition coefficient (Wildman–Crippen LogP) is 0.859. The van der Waals surface area contributed by atoms with Gasteiger partial charge in [0.15, 0.2) is 0 Å². The molecule has 0 radical (unpaired) electrons. The van der Waals surface area contributed by atoms with Crippen LogP contribution in [-0.2, 0) is 17.2 Å². The van der Waals surface area contributed by atoms with Crippen LogP contribution in [0.5, 0.6) is 0 Å². The maximum Gasteiger partial charge on any atom is 0.253 e. The number of nitrogens with one attached hydrogen (secondary N) is 1. The van der Waals surface area contributed by atoms with Gasteiger partial charge in [-0.05, 0) is 24.1 Å². The van der Waals surface area contributed by atoms with E-state index in [1.165, 1.54) is 5.56 Å². The third-order valence-corrected chi connectivity index (χ3v) is 4.81. The summed E-state index contributed by atoms with van der Waals surface area (Å²) >= 11 is 0. The Morgan fingerprint density at radius 3 is 2.83 bits per heavy atom. The van der Waals surface area contributed by atoms with Gasteiger partial charge in [-0.3, -0.25) is 9.00 Å². The fourth-order valence-electron chi connectivity index (χ4n) is 2.45. The van der Waals surface area contributed by atoms with E-state index in [4.69, 9.17) is 0 Å². The molecule has 0 atom stereocenters. The van der Waals surface area contributed by atoms with Crippen LogP contribution in [0.2, 0.25) is 0 Å². The summed E-state index contributed by atoms with van der Waals surface area (Å²) in [7, 11) is -0.740. The highest BCUT2D eigenvalue weighted by atomic mass is 32.2. The van der Waals surface area contributed by atoms with Crippen molar-refractivity contribution in [2.75, 3.05) is 36.5 Å². The second-order valence-electron chi connectivity index (χ2n) is 4.69. The van der Waals surface area contributed by atoms with Gasteiger partial charge in [0.05, 0.1) is 0 Å². The molecule has 0 unspecified atom stereocenters. The van der Waals surface area contributed by atoms with Gasteiger partial charge in [-0.1, -0.05) is 6.07 Å². The molecule has 96 valence electrons. The van der Waals surface area contributed by atoms with Crippen LogP contribution in [0.4, 0.5) is 5.69 Å². The van der Waals surface area contributed by atoms with E-state index >= 15 is 0 Å². The summed E-state index contributed by atoms with van der Waals surface area (Å²) in [4.78, 5) is 14.1. The third kappa shape index (κ3) is 2.14. The number of amides is 1. The number of anilines is 1. The maximum absolute atomic E-state index is 12.3. The number of carbonyl (C=O) groups excluding carboxylic acids is 1. The first-order valence-corrected chi connectivity index (χ1v) is 7.74. The molecule has 2 aliphatic rings. The van der Waals surface area contributed by atoms with Crippen molar-refractivity contribution in [1.29, 1.82) is 0 Å². The quantitative estimate of drug-likeness (QED) is 0.818. The molecule has 5 heteroatoms. The van der Waals surface area contributed by atoms with Crippen molar-refractivity contribution in [2.24, 2.45) is 0 Å². The van der Waals surface area contributed by atoms with Gasteiger partial charge >= 0.3 is 0 Å². The van der Waals surface area contributed by atoms with Gasteiger partial charge in [0, 0.05) is 53.2 Å². The van der Waals surface area contributed by atoms with Crippen LogP contribution in [0.3, 0.4) is 0 Å². The van der Waals surface area contributed by atoms with E-state index in [2.05, 4.69) is 5.32 Å². The summed E-state index contributed by atoms with van der Waals surface area (Å²) < 4.78 is 11.3. The molecule has 3 rings (SSSR count). The number of benzene rings is 1. The first kappa shape index (κ1) is 11.7. The van der Waals surface area contributed by atoms with Crippen LogP contribution in [0.15, 0.2) is 18.2 Å².